The third kappa shape index (κ3) is 2.03. The van der Waals surface area contributed by atoms with Crippen LogP contribution in [0.4, 0.5) is 0 Å². The Morgan fingerprint density at radius 1 is 0.571 bits per heavy atom. The fourth-order valence-corrected chi connectivity index (χ4v) is 2.83. The molecule has 21 heavy (non-hydrogen) atoms. The lowest BCUT2D eigenvalue weighted by molar-refractivity contribution is 1.13. The summed E-state index contributed by atoms with van der Waals surface area (Å²) in [5.74, 6) is 0. The Morgan fingerprint density at radius 3 is 1.95 bits per heavy atom. The van der Waals surface area contributed by atoms with Crippen LogP contribution in [0.1, 0.15) is 0 Å². The first-order chi connectivity index (χ1) is 10.4. The van der Waals surface area contributed by atoms with Crippen molar-refractivity contribution in [2.75, 3.05) is 0 Å². The highest BCUT2D eigenvalue weighted by atomic mass is 15.0. The Hall–Kier alpha value is -2.80. The third-order valence-electron chi connectivity index (χ3n) is 3.79. The van der Waals surface area contributed by atoms with Gasteiger partial charge in [0.15, 0.2) is 0 Å². The van der Waals surface area contributed by atoms with E-state index in [0.717, 1.165) is 0 Å². The number of rotatable bonds is 2. The van der Waals surface area contributed by atoms with E-state index in [4.69, 9.17) is 0 Å². The quantitative estimate of drug-likeness (QED) is 0.465. The number of fused-ring (bicyclic) bond motifs is 1. The summed E-state index contributed by atoms with van der Waals surface area (Å²) in [7, 11) is 0. The minimum absolute atomic E-state index is 1.19. The van der Waals surface area contributed by atoms with Gasteiger partial charge in [-0.3, -0.25) is 0 Å². The second-order valence-corrected chi connectivity index (χ2v) is 5.13. The van der Waals surface area contributed by atoms with E-state index >= 15 is 0 Å². The maximum Gasteiger partial charge on any atom is 0.0540 e. The van der Waals surface area contributed by atoms with Gasteiger partial charge in [-0.2, -0.15) is 0 Å². The van der Waals surface area contributed by atoms with Crippen LogP contribution < -0.4 is 0 Å². The van der Waals surface area contributed by atoms with Crippen LogP contribution in [-0.4, -0.2) is 4.57 Å². The molecule has 0 spiro atoms. The molecule has 0 fully saturated rings. The minimum Gasteiger partial charge on any atom is -0.309 e. The van der Waals surface area contributed by atoms with Gasteiger partial charge in [-0.25, -0.2) is 0 Å². The van der Waals surface area contributed by atoms with Crippen molar-refractivity contribution in [3.05, 3.63) is 91.0 Å². The number of hydrogen-bond donors (Lipinski definition) is 0. The molecule has 0 atom stereocenters. The summed E-state index contributed by atoms with van der Waals surface area (Å²) in [6.45, 7) is 0. The first-order valence-corrected chi connectivity index (χ1v) is 7.15. The van der Waals surface area contributed by atoms with Gasteiger partial charge in [0.25, 0.3) is 0 Å². The van der Waals surface area contributed by atoms with E-state index in [1.165, 1.54) is 27.8 Å². The number of benzene rings is 3. The third-order valence-corrected chi connectivity index (χ3v) is 3.79. The van der Waals surface area contributed by atoms with Crippen molar-refractivity contribution in [1.82, 2.24) is 4.57 Å². The van der Waals surface area contributed by atoms with Crippen molar-refractivity contribution >= 4 is 10.9 Å². The fourth-order valence-electron chi connectivity index (χ4n) is 2.83. The zero-order chi connectivity index (χ0) is 14.1. The van der Waals surface area contributed by atoms with Crippen LogP contribution in [-0.2, 0) is 0 Å². The molecule has 0 saturated heterocycles. The fraction of sp³-hybridized carbons (Fsp3) is 0. The topological polar surface area (TPSA) is 4.93 Å². The summed E-state index contributed by atoms with van der Waals surface area (Å²) in [6.07, 6.45) is 0. The summed E-state index contributed by atoms with van der Waals surface area (Å²) >= 11 is 0. The molecule has 0 N–H and O–H groups in total. The van der Waals surface area contributed by atoms with E-state index in [0.29, 0.717) is 0 Å². The molecule has 0 saturated carbocycles. The van der Waals surface area contributed by atoms with E-state index in [-0.39, 0.29) is 0 Å². The molecule has 0 aliphatic heterocycles. The van der Waals surface area contributed by atoms with E-state index in [9.17, 15) is 0 Å². The molecule has 1 heteroatoms. The first-order valence-electron chi connectivity index (χ1n) is 7.15. The van der Waals surface area contributed by atoms with Crippen LogP contribution in [0.5, 0.6) is 0 Å². The summed E-state index contributed by atoms with van der Waals surface area (Å²) in [6, 6.07) is 31.9. The molecule has 0 radical (unpaired) electrons. The highest BCUT2D eigenvalue weighted by Gasteiger charge is 2.11. The molecular weight excluding hydrogens is 254 g/mol. The van der Waals surface area contributed by atoms with Crippen molar-refractivity contribution in [3.63, 3.8) is 0 Å². The molecule has 1 aromatic heterocycles. The van der Waals surface area contributed by atoms with Gasteiger partial charge >= 0.3 is 0 Å². The normalized spacial score (nSPS) is 10.9. The molecule has 3 aromatic carbocycles. The lowest BCUT2D eigenvalue weighted by Gasteiger charge is -2.11. The van der Waals surface area contributed by atoms with Crippen LogP contribution in [0.3, 0.4) is 0 Å². The monoisotopic (exact) mass is 269 g/mol. The SMILES string of the molecule is c1ccc(-c2cc3ccccc3n2-c2ccccc2)cc1. The van der Waals surface area contributed by atoms with Crippen molar-refractivity contribution < 1.29 is 0 Å². The Bertz CT molecular complexity index is 874. The maximum atomic E-state index is 2.32. The summed E-state index contributed by atoms with van der Waals surface area (Å²) in [5, 5.41) is 1.26. The van der Waals surface area contributed by atoms with Gasteiger partial charge in [-0.15, -0.1) is 0 Å². The Labute approximate surface area is 124 Å². The van der Waals surface area contributed by atoms with E-state index in [1.807, 2.05) is 0 Å². The van der Waals surface area contributed by atoms with Crippen molar-refractivity contribution in [2.45, 2.75) is 0 Å². The van der Waals surface area contributed by atoms with E-state index in [2.05, 4.69) is 95.6 Å². The number of aromatic nitrogens is 1. The Balaban J connectivity index is 2.07. The highest BCUT2D eigenvalue weighted by molar-refractivity contribution is 5.89. The van der Waals surface area contributed by atoms with Crippen LogP contribution >= 0.6 is 0 Å². The number of para-hydroxylation sites is 2. The van der Waals surface area contributed by atoms with Crippen LogP contribution in [0, 0.1) is 0 Å². The average molecular weight is 269 g/mol. The maximum absolute atomic E-state index is 2.32. The zero-order valence-electron chi connectivity index (χ0n) is 11.6. The van der Waals surface area contributed by atoms with Crippen molar-refractivity contribution in [1.29, 1.82) is 0 Å². The molecule has 0 aliphatic rings. The molecule has 0 amide bonds. The summed E-state index contributed by atoms with van der Waals surface area (Å²) < 4.78 is 2.32. The predicted molar refractivity (Wildman–Crippen MR) is 88.7 cm³/mol. The van der Waals surface area contributed by atoms with Gasteiger partial charge in [-0.05, 0) is 29.8 Å². The Morgan fingerprint density at radius 2 is 1.19 bits per heavy atom. The van der Waals surface area contributed by atoms with E-state index < -0.39 is 0 Å². The number of nitrogens with zero attached hydrogens (tertiary/aromatic N) is 1. The molecule has 4 rings (SSSR count). The molecule has 0 unspecified atom stereocenters. The second-order valence-electron chi connectivity index (χ2n) is 5.13. The van der Waals surface area contributed by atoms with Crippen molar-refractivity contribution in [3.8, 4) is 16.9 Å². The van der Waals surface area contributed by atoms with Gasteiger partial charge in [0.1, 0.15) is 0 Å². The van der Waals surface area contributed by atoms with Crippen LogP contribution in [0.25, 0.3) is 27.8 Å². The van der Waals surface area contributed by atoms with Crippen molar-refractivity contribution in [2.24, 2.45) is 0 Å². The zero-order valence-corrected chi connectivity index (χ0v) is 11.6. The molecule has 1 heterocycles. The largest absolute Gasteiger partial charge is 0.309 e. The molecule has 100 valence electrons. The van der Waals surface area contributed by atoms with E-state index in [1.54, 1.807) is 0 Å². The number of hydrogen-bond acceptors (Lipinski definition) is 0. The second kappa shape index (κ2) is 4.95. The van der Waals surface area contributed by atoms with Gasteiger partial charge in [0, 0.05) is 11.1 Å². The first kappa shape index (κ1) is 12.0. The smallest absolute Gasteiger partial charge is 0.0540 e. The van der Waals surface area contributed by atoms with Gasteiger partial charge in [-0.1, -0.05) is 66.7 Å². The van der Waals surface area contributed by atoms with Gasteiger partial charge in [0.05, 0.1) is 11.2 Å². The van der Waals surface area contributed by atoms with Gasteiger partial charge in [0.2, 0.25) is 0 Å². The molecule has 0 bridgehead atoms. The minimum atomic E-state index is 1.19. The molecule has 0 aliphatic carbocycles. The van der Waals surface area contributed by atoms with Crippen LogP contribution in [0.2, 0.25) is 0 Å². The predicted octanol–water partition coefficient (Wildman–Crippen LogP) is 5.30. The highest BCUT2D eigenvalue weighted by Crippen LogP contribution is 2.31. The molecule has 4 aromatic rings. The van der Waals surface area contributed by atoms with Crippen LogP contribution in [0.15, 0.2) is 91.0 Å². The lowest BCUT2D eigenvalue weighted by Crippen LogP contribution is -1.95. The van der Waals surface area contributed by atoms with Gasteiger partial charge < -0.3 is 4.57 Å². The molecular formula is C20H15N. The Kier molecular flexibility index (Phi) is 2.82. The lowest BCUT2D eigenvalue weighted by atomic mass is 10.1. The standard InChI is InChI=1S/C20H15N/c1-3-9-16(10-4-1)20-15-17-11-7-8-14-19(17)21(20)18-12-5-2-6-13-18/h1-15H. The average Bonchev–Trinajstić information content (AvgIpc) is 2.96. The molecule has 1 nitrogen and oxygen atoms in total. The summed E-state index contributed by atoms with van der Waals surface area (Å²) in [4.78, 5) is 0. The summed E-state index contributed by atoms with van der Waals surface area (Å²) in [5.41, 5.74) is 4.89.